The summed E-state index contributed by atoms with van der Waals surface area (Å²) in [4.78, 5) is 11.2. The Kier molecular flexibility index (Phi) is 5.18. The maximum atomic E-state index is 11.2. The minimum Gasteiger partial charge on any atom is -0.381 e. The zero-order valence-electron chi connectivity index (χ0n) is 11.7. The van der Waals surface area contributed by atoms with Crippen LogP contribution in [0.3, 0.4) is 0 Å². The van der Waals surface area contributed by atoms with Crippen molar-refractivity contribution in [2.75, 3.05) is 19.8 Å². The quantitative estimate of drug-likeness (QED) is 0.861. The molecule has 3 N–H and O–H groups in total. The predicted octanol–water partition coefficient (Wildman–Crippen LogP) is 1.96. The molecule has 0 bridgehead atoms. The zero-order valence-corrected chi connectivity index (χ0v) is 13.3. The van der Waals surface area contributed by atoms with Gasteiger partial charge in [0.15, 0.2) is 0 Å². The lowest BCUT2D eigenvalue weighted by molar-refractivity contribution is -0.119. The van der Waals surface area contributed by atoms with E-state index < -0.39 is 0 Å². The van der Waals surface area contributed by atoms with E-state index in [0.717, 1.165) is 37.1 Å². The molecule has 0 saturated carbocycles. The number of amides is 1. The Morgan fingerprint density at radius 1 is 1.40 bits per heavy atom. The number of carbonyl (C=O) groups excluding carboxylic acids is 1. The van der Waals surface area contributed by atoms with Crippen molar-refractivity contribution in [3.63, 3.8) is 0 Å². The average molecular weight is 341 g/mol. The van der Waals surface area contributed by atoms with Crippen LogP contribution in [0, 0.1) is 0 Å². The molecule has 110 valence electrons. The number of rotatable bonds is 5. The van der Waals surface area contributed by atoms with Crippen molar-refractivity contribution >= 4 is 21.8 Å². The monoisotopic (exact) mass is 340 g/mol. The van der Waals surface area contributed by atoms with Crippen LogP contribution in [0.1, 0.15) is 25.3 Å². The molecule has 1 aromatic carbocycles. The van der Waals surface area contributed by atoms with E-state index >= 15 is 0 Å². The van der Waals surface area contributed by atoms with E-state index in [1.807, 2.05) is 0 Å². The molecule has 0 aliphatic carbocycles. The van der Waals surface area contributed by atoms with E-state index in [9.17, 15) is 4.79 Å². The second-order valence-electron chi connectivity index (χ2n) is 5.40. The van der Waals surface area contributed by atoms with Crippen LogP contribution in [0.2, 0.25) is 0 Å². The molecule has 1 amide bonds. The normalized spacial score (nSPS) is 19.5. The first-order valence-electron chi connectivity index (χ1n) is 6.90. The Morgan fingerprint density at radius 2 is 2.00 bits per heavy atom. The number of ether oxygens (including phenoxy) is 1. The van der Waals surface area contributed by atoms with Gasteiger partial charge in [-0.1, -0.05) is 28.1 Å². The van der Waals surface area contributed by atoms with E-state index in [1.54, 1.807) is 6.92 Å². The number of carbonyl (C=O) groups is 1. The number of nitrogens with two attached hydrogens (primary N) is 1. The molecule has 2 rings (SSSR count). The number of halogens is 1. The summed E-state index contributed by atoms with van der Waals surface area (Å²) < 4.78 is 6.57. The fraction of sp³-hybridized carbons (Fsp3) is 0.533. The lowest BCUT2D eigenvalue weighted by atomic mass is 9.74. The highest BCUT2D eigenvalue weighted by Gasteiger charge is 2.34. The van der Waals surface area contributed by atoms with E-state index in [1.165, 1.54) is 5.56 Å². The summed E-state index contributed by atoms with van der Waals surface area (Å²) in [6, 6.07) is 8.09. The summed E-state index contributed by atoms with van der Waals surface area (Å²) in [6.07, 6.45) is 1.90. The van der Waals surface area contributed by atoms with Gasteiger partial charge in [-0.2, -0.15) is 0 Å². The number of nitrogens with one attached hydrogen (secondary N) is 1. The molecular formula is C15H21BrN2O2. The third-order valence-electron chi connectivity index (χ3n) is 4.08. The van der Waals surface area contributed by atoms with Gasteiger partial charge >= 0.3 is 0 Å². The van der Waals surface area contributed by atoms with Crippen LogP contribution in [0.15, 0.2) is 28.7 Å². The van der Waals surface area contributed by atoms with Gasteiger partial charge in [0.05, 0.1) is 6.04 Å². The van der Waals surface area contributed by atoms with Crippen molar-refractivity contribution in [1.29, 1.82) is 0 Å². The van der Waals surface area contributed by atoms with Crippen molar-refractivity contribution < 1.29 is 9.53 Å². The lowest BCUT2D eigenvalue weighted by Crippen LogP contribution is -2.48. The summed E-state index contributed by atoms with van der Waals surface area (Å²) in [5, 5.41) is 3.26. The average Bonchev–Trinajstić information content (AvgIpc) is 2.46. The lowest BCUT2D eigenvalue weighted by Gasteiger charge is -2.38. The molecule has 0 aromatic heterocycles. The minimum atomic E-state index is -0.317. The molecule has 1 fully saturated rings. The van der Waals surface area contributed by atoms with Gasteiger partial charge in [-0.15, -0.1) is 0 Å². The molecule has 1 aliphatic heterocycles. The summed E-state index contributed by atoms with van der Waals surface area (Å²) in [7, 11) is 0. The van der Waals surface area contributed by atoms with Crippen molar-refractivity contribution in [3.8, 4) is 0 Å². The molecule has 4 nitrogen and oxygen atoms in total. The second-order valence-corrected chi connectivity index (χ2v) is 6.32. The standard InChI is InChI=1S/C15H21BrN2O2/c1-11(14(17)19)18-10-15(6-8-20-9-7-15)12-2-4-13(16)5-3-12/h2-5,11,18H,6-10H2,1H3,(H2,17,19). The maximum Gasteiger partial charge on any atom is 0.234 e. The van der Waals surface area contributed by atoms with E-state index in [0.29, 0.717) is 0 Å². The highest BCUT2D eigenvalue weighted by Crippen LogP contribution is 2.35. The Labute approximate surface area is 128 Å². The van der Waals surface area contributed by atoms with Crippen molar-refractivity contribution in [2.24, 2.45) is 5.73 Å². The zero-order chi connectivity index (χ0) is 14.6. The molecule has 1 heterocycles. The predicted molar refractivity (Wildman–Crippen MR) is 82.5 cm³/mol. The number of primary amides is 1. The van der Waals surface area contributed by atoms with Crippen LogP contribution in [-0.4, -0.2) is 31.7 Å². The van der Waals surface area contributed by atoms with Gasteiger partial charge in [0, 0.05) is 29.6 Å². The highest BCUT2D eigenvalue weighted by molar-refractivity contribution is 9.10. The van der Waals surface area contributed by atoms with Crippen LogP contribution < -0.4 is 11.1 Å². The minimum absolute atomic E-state index is 0.0165. The molecule has 20 heavy (non-hydrogen) atoms. The fourth-order valence-corrected chi connectivity index (χ4v) is 2.85. The Balaban J connectivity index is 2.17. The topological polar surface area (TPSA) is 64.3 Å². The number of hydrogen-bond donors (Lipinski definition) is 2. The Morgan fingerprint density at radius 3 is 2.55 bits per heavy atom. The first-order valence-corrected chi connectivity index (χ1v) is 7.69. The van der Waals surface area contributed by atoms with E-state index in [-0.39, 0.29) is 17.4 Å². The molecule has 0 spiro atoms. The van der Waals surface area contributed by atoms with Gasteiger partial charge in [0.2, 0.25) is 5.91 Å². The molecule has 1 saturated heterocycles. The molecule has 1 aliphatic rings. The largest absolute Gasteiger partial charge is 0.381 e. The van der Waals surface area contributed by atoms with Gasteiger partial charge in [0.25, 0.3) is 0 Å². The van der Waals surface area contributed by atoms with E-state index in [4.69, 9.17) is 10.5 Å². The first-order chi connectivity index (χ1) is 9.53. The number of hydrogen-bond acceptors (Lipinski definition) is 3. The molecule has 5 heteroatoms. The Hall–Kier alpha value is -0.910. The molecule has 1 atom stereocenters. The highest BCUT2D eigenvalue weighted by atomic mass is 79.9. The van der Waals surface area contributed by atoms with Gasteiger partial charge in [0.1, 0.15) is 0 Å². The third-order valence-corrected chi connectivity index (χ3v) is 4.61. The summed E-state index contributed by atoms with van der Waals surface area (Å²) in [5.41, 5.74) is 6.62. The van der Waals surface area contributed by atoms with Crippen molar-refractivity contribution in [3.05, 3.63) is 34.3 Å². The van der Waals surface area contributed by atoms with Crippen LogP contribution in [0.4, 0.5) is 0 Å². The molecular weight excluding hydrogens is 320 g/mol. The summed E-state index contributed by atoms with van der Waals surface area (Å²) >= 11 is 3.47. The van der Waals surface area contributed by atoms with Crippen molar-refractivity contribution in [1.82, 2.24) is 5.32 Å². The third kappa shape index (κ3) is 3.59. The SMILES string of the molecule is CC(NCC1(c2ccc(Br)cc2)CCOCC1)C(N)=O. The van der Waals surface area contributed by atoms with E-state index in [2.05, 4.69) is 45.5 Å². The summed E-state index contributed by atoms with van der Waals surface area (Å²) in [5.74, 6) is -0.317. The van der Waals surface area contributed by atoms with Crippen LogP contribution in [-0.2, 0) is 14.9 Å². The smallest absolute Gasteiger partial charge is 0.234 e. The van der Waals surface area contributed by atoms with Gasteiger partial charge in [-0.05, 0) is 37.5 Å². The number of benzene rings is 1. The van der Waals surface area contributed by atoms with Gasteiger partial charge in [-0.25, -0.2) is 0 Å². The maximum absolute atomic E-state index is 11.2. The molecule has 1 unspecified atom stereocenters. The summed E-state index contributed by atoms with van der Waals surface area (Å²) in [6.45, 7) is 4.05. The van der Waals surface area contributed by atoms with Crippen LogP contribution in [0.5, 0.6) is 0 Å². The molecule has 0 radical (unpaired) electrons. The van der Waals surface area contributed by atoms with Crippen molar-refractivity contribution in [2.45, 2.75) is 31.2 Å². The molecule has 1 aromatic rings. The van der Waals surface area contributed by atoms with Crippen LogP contribution in [0.25, 0.3) is 0 Å². The first kappa shape index (κ1) is 15.5. The van der Waals surface area contributed by atoms with Gasteiger partial charge < -0.3 is 15.8 Å². The second kappa shape index (κ2) is 6.70. The Bertz CT molecular complexity index is 455. The van der Waals surface area contributed by atoms with Gasteiger partial charge in [-0.3, -0.25) is 4.79 Å². The van der Waals surface area contributed by atoms with Crippen LogP contribution >= 0.6 is 15.9 Å². The fourth-order valence-electron chi connectivity index (χ4n) is 2.58.